The van der Waals surface area contributed by atoms with E-state index in [0.29, 0.717) is 13.2 Å². The van der Waals surface area contributed by atoms with Gasteiger partial charge >= 0.3 is 0 Å². The van der Waals surface area contributed by atoms with E-state index >= 15 is 0 Å². The number of aliphatic imine (C=N–C) groups is 1. The van der Waals surface area contributed by atoms with Crippen LogP contribution in [-0.2, 0) is 11.3 Å². The van der Waals surface area contributed by atoms with Gasteiger partial charge in [0.05, 0.1) is 18.2 Å². The number of nitrogens with zero attached hydrogens (tertiary/aromatic N) is 1. The fourth-order valence-electron chi connectivity index (χ4n) is 2.81. The van der Waals surface area contributed by atoms with Crippen molar-refractivity contribution in [2.75, 3.05) is 40.5 Å². The van der Waals surface area contributed by atoms with E-state index in [4.69, 9.17) is 9.47 Å². The Kier molecular flexibility index (Phi) is 7.33. The second kappa shape index (κ2) is 9.25. The highest BCUT2D eigenvalue weighted by Crippen LogP contribution is 2.31. The van der Waals surface area contributed by atoms with E-state index in [0.717, 1.165) is 47.7 Å². The number of hydrogen-bond acceptors (Lipinski definition) is 4. The Hall–Kier alpha value is -1.31. The first-order valence-corrected chi connectivity index (χ1v) is 8.87. The number of hydrogen-bond donors (Lipinski definition) is 3. The number of aliphatic hydroxyl groups excluding tert-OH is 1. The molecule has 0 spiro atoms. The summed E-state index contributed by atoms with van der Waals surface area (Å²) in [5.41, 5.74) is 1.12. The van der Waals surface area contributed by atoms with Crippen LogP contribution in [0.3, 0.4) is 0 Å². The van der Waals surface area contributed by atoms with Crippen LogP contribution >= 0.6 is 15.9 Å². The van der Waals surface area contributed by atoms with Crippen LogP contribution in [0.25, 0.3) is 0 Å². The number of nitrogens with one attached hydrogen (secondary N) is 2. The number of methoxy groups -OCH3 is 1. The topological polar surface area (TPSA) is 75.1 Å². The molecule has 134 valence electrons. The average Bonchev–Trinajstić information content (AvgIpc) is 3.04. The largest absolute Gasteiger partial charge is 0.496 e. The molecule has 0 saturated carbocycles. The summed E-state index contributed by atoms with van der Waals surface area (Å²) in [6, 6.07) is 5.97. The van der Waals surface area contributed by atoms with Gasteiger partial charge in [-0.2, -0.15) is 0 Å². The SMILES string of the molecule is CN=C(NCc1ccc(OC)c(Br)c1)NCC1(CCO)CCOC1. The smallest absolute Gasteiger partial charge is 0.191 e. The van der Waals surface area contributed by atoms with E-state index in [1.165, 1.54) is 0 Å². The molecule has 0 bridgehead atoms. The first-order valence-electron chi connectivity index (χ1n) is 8.08. The van der Waals surface area contributed by atoms with Crippen LogP contribution in [0, 0.1) is 5.41 Å². The zero-order chi connectivity index (χ0) is 17.4. The monoisotopic (exact) mass is 399 g/mol. The predicted molar refractivity (Wildman–Crippen MR) is 98.5 cm³/mol. The average molecular weight is 400 g/mol. The minimum atomic E-state index is -0.00445. The fourth-order valence-corrected chi connectivity index (χ4v) is 3.40. The lowest BCUT2D eigenvalue weighted by Crippen LogP contribution is -2.44. The molecule has 1 unspecified atom stereocenters. The Morgan fingerprint density at radius 3 is 2.88 bits per heavy atom. The molecule has 0 radical (unpaired) electrons. The Morgan fingerprint density at radius 1 is 1.46 bits per heavy atom. The number of aliphatic hydroxyl groups is 1. The Balaban J connectivity index is 1.87. The van der Waals surface area contributed by atoms with Crippen molar-refractivity contribution in [1.82, 2.24) is 10.6 Å². The van der Waals surface area contributed by atoms with Gasteiger partial charge < -0.3 is 25.2 Å². The summed E-state index contributed by atoms with van der Waals surface area (Å²) in [5.74, 6) is 1.56. The molecule has 0 amide bonds. The van der Waals surface area contributed by atoms with Gasteiger partial charge in [-0.3, -0.25) is 4.99 Å². The number of ether oxygens (including phenoxy) is 2. The molecule has 1 heterocycles. The van der Waals surface area contributed by atoms with Gasteiger partial charge in [0.1, 0.15) is 5.75 Å². The van der Waals surface area contributed by atoms with Crippen molar-refractivity contribution < 1.29 is 14.6 Å². The molecule has 0 aliphatic carbocycles. The van der Waals surface area contributed by atoms with Crippen LogP contribution in [-0.4, -0.2) is 51.6 Å². The van der Waals surface area contributed by atoms with Crippen LogP contribution < -0.4 is 15.4 Å². The van der Waals surface area contributed by atoms with Crippen molar-refractivity contribution in [2.24, 2.45) is 10.4 Å². The number of guanidine groups is 1. The summed E-state index contributed by atoms with van der Waals surface area (Å²) in [7, 11) is 3.40. The maximum absolute atomic E-state index is 9.29. The van der Waals surface area contributed by atoms with Gasteiger partial charge in [-0.1, -0.05) is 6.07 Å². The number of benzene rings is 1. The first kappa shape index (κ1) is 19.0. The molecular formula is C17H26BrN3O3. The molecule has 24 heavy (non-hydrogen) atoms. The molecule has 0 aromatic heterocycles. The summed E-state index contributed by atoms with van der Waals surface area (Å²) < 4.78 is 11.7. The van der Waals surface area contributed by atoms with Crippen LogP contribution in [0.2, 0.25) is 0 Å². The highest BCUT2D eigenvalue weighted by molar-refractivity contribution is 9.10. The van der Waals surface area contributed by atoms with Crippen molar-refractivity contribution in [3.8, 4) is 5.75 Å². The molecule has 1 atom stereocenters. The third kappa shape index (κ3) is 5.09. The number of rotatable bonds is 7. The van der Waals surface area contributed by atoms with E-state index in [2.05, 4.69) is 31.6 Å². The lowest BCUT2D eigenvalue weighted by molar-refractivity contribution is 0.127. The molecule has 6 nitrogen and oxygen atoms in total. The number of halogens is 1. The van der Waals surface area contributed by atoms with Crippen LogP contribution in [0.1, 0.15) is 18.4 Å². The molecule has 1 aliphatic heterocycles. The standard InChI is InChI=1S/C17H26BrN3O3/c1-19-16(21-11-17(5-7-22)6-8-24-12-17)20-10-13-3-4-15(23-2)14(18)9-13/h3-4,9,22H,5-8,10-12H2,1-2H3,(H2,19,20,21). The highest BCUT2D eigenvalue weighted by Gasteiger charge is 2.34. The molecule has 1 aliphatic rings. The molecule has 1 aromatic carbocycles. The second-order valence-corrected chi connectivity index (χ2v) is 6.88. The Morgan fingerprint density at radius 2 is 2.29 bits per heavy atom. The summed E-state index contributed by atoms with van der Waals surface area (Å²) >= 11 is 3.49. The van der Waals surface area contributed by atoms with Crippen LogP contribution in [0.4, 0.5) is 0 Å². The van der Waals surface area contributed by atoms with E-state index in [1.54, 1.807) is 14.2 Å². The van der Waals surface area contributed by atoms with Crippen molar-refractivity contribution in [3.63, 3.8) is 0 Å². The molecule has 1 saturated heterocycles. The van der Waals surface area contributed by atoms with Crippen molar-refractivity contribution >= 4 is 21.9 Å². The fraction of sp³-hybridized carbons (Fsp3) is 0.588. The second-order valence-electron chi connectivity index (χ2n) is 6.02. The third-order valence-corrected chi connectivity index (χ3v) is 4.98. The summed E-state index contributed by atoms with van der Waals surface area (Å²) in [4.78, 5) is 4.27. The summed E-state index contributed by atoms with van der Waals surface area (Å²) in [5, 5.41) is 16.0. The molecule has 1 aromatic rings. The molecule has 7 heteroatoms. The molecule has 3 N–H and O–H groups in total. The normalized spacial score (nSPS) is 20.9. The van der Waals surface area contributed by atoms with E-state index in [1.807, 2.05) is 18.2 Å². The maximum Gasteiger partial charge on any atom is 0.191 e. The van der Waals surface area contributed by atoms with Crippen LogP contribution in [0.15, 0.2) is 27.7 Å². The molecule has 1 fully saturated rings. The lowest BCUT2D eigenvalue weighted by Gasteiger charge is -2.27. The zero-order valence-electron chi connectivity index (χ0n) is 14.3. The van der Waals surface area contributed by atoms with Crippen molar-refractivity contribution in [2.45, 2.75) is 19.4 Å². The van der Waals surface area contributed by atoms with Gasteiger partial charge in [0.25, 0.3) is 0 Å². The van der Waals surface area contributed by atoms with Crippen molar-refractivity contribution in [3.05, 3.63) is 28.2 Å². The summed E-state index contributed by atoms with van der Waals surface area (Å²) in [6.07, 6.45) is 1.70. The zero-order valence-corrected chi connectivity index (χ0v) is 15.9. The van der Waals surface area contributed by atoms with Crippen molar-refractivity contribution in [1.29, 1.82) is 0 Å². The minimum absolute atomic E-state index is 0.00445. The van der Waals surface area contributed by atoms with Gasteiger partial charge in [-0.25, -0.2) is 0 Å². The van der Waals surface area contributed by atoms with Gasteiger partial charge in [-0.15, -0.1) is 0 Å². The van der Waals surface area contributed by atoms with Gasteiger partial charge in [0.15, 0.2) is 5.96 Å². The maximum atomic E-state index is 9.29. The predicted octanol–water partition coefficient (Wildman–Crippen LogP) is 1.91. The van der Waals surface area contributed by atoms with E-state index < -0.39 is 0 Å². The Labute approximate surface area is 151 Å². The molecular weight excluding hydrogens is 374 g/mol. The minimum Gasteiger partial charge on any atom is -0.496 e. The molecule has 2 rings (SSSR count). The van der Waals surface area contributed by atoms with Gasteiger partial charge in [0.2, 0.25) is 0 Å². The lowest BCUT2D eigenvalue weighted by atomic mass is 9.84. The van der Waals surface area contributed by atoms with E-state index in [-0.39, 0.29) is 12.0 Å². The first-order chi connectivity index (χ1) is 11.6. The van der Waals surface area contributed by atoms with E-state index in [9.17, 15) is 5.11 Å². The Bertz CT molecular complexity index is 560. The van der Waals surface area contributed by atoms with Gasteiger partial charge in [-0.05, 0) is 46.5 Å². The quantitative estimate of drug-likeness (QED) is 0.482. The van der Waals surface area contributed by atoms with Gasteiger partial charge in [0, 0.05) is 38.8 Å². The third-order valence-electron chi connectivity index (χ3n) is 4.36. The summed E-state index contributed by atoms with van der Waals surface area (Å²) in [6.45, 7) is 3.01. The highest BCUT2D eigenvalue weighted by atomic mass is 79.9. The van der Waals surface area contributed by atoms with Crippen LogP contribution in [0.5, 0.6) is 5.75 Å².